The summed E-state index contributed by atoms with van der Waals surface area (Å²) in [5, 5.41) is 3.31. The van der Waals surface area contributed by atoms with Gasteiger partial charge in [-0.2, -0.15) is 0 Å². The lowest BCUT2D eigenvalue weighted by atomic mass is 9.66. The van der Waals surface area contributed by atoms with Crippen LogP contribution in [0, 0.1) is 5.41 Å². The molecule has 0 bridgehead atoms. The Morgan fingerprint density at radius 1 is 1.43 bits per heavy atom. The van der Waals surface area contributed by atoms with E-state index < -0.39 is 0 Å². The highest BCUT2D eigenvalue weighted by atomic mass is 16.2. The van der Waals surface area contributed by atoms with Crippen LogP contribution in [0.1, 0.15) is 44.1 Å². The highest BCUT2D eigenvalue weighted by molar-refractivity contribution is 5.84. The van der Waals surface area contributed by atoms with Gasteiger partial charge in [0.2, 0.25) is 5.91 Å². The number of carbonyl (C=O) groups excluding carboxylic acids is 1. The Morgan fingerprint density at radius 3 is 2.78 bits per heavy atom. The maximum atomic E-state index is 12.6. The van der Waals surface area contributed by atoms with Crippen LogP contribution in [0.2, 0.25) is 0 Å². The van der Waals surface area contributed by atoms with Crippen LogP contribution in [0.5, 0.6) is 0 Å². The number of amides is 1. The zero-order valence-corrected chi connectivity index (χ0v) is 13.8. The average molecular weight is 313 g/mol. The molecule has 2 aliphatic rings. The first-order valence-corrected chi connectivity index (χ1v) is 8.75. The predicted octanol–water partition coefficient (Wildman–Crippen LogP) is 2.91. The van der Waals surface area contributed by atoms with Crippen LogP contribution in [-0.2, 0) is 11.3 Å². The van der Waals surface area contributed by atoms with Crippen LogP contribution in [0.4, 0.5) is 0 Å². The van der Waals surface area contributed by atoms with Crippen LogP contribution in [0.3, 0.4) is 0 Å². The molecule has 2 heterocycles. The third-order valence-electron chi connectivity index (χ3n) is 5.38. The van der Waals surface area contributed by atoms with Gasteiger partial charge in [-0.25, -0.2) is 0 Å². The largest absolute Gasteiger partial charge is 0.353 e. The van der Waals surface area contributed by atoms with Crippen molar-refractivity contribution in [1.82, 2.24) is 15.2 Å². The van der Waals surface area contributed by atoms with Gasteiger partial charge in [0, 0.05) is 38.1 Å². The van der Waals surface area contributed by atoms with E-state index in [0.29, 0.717) is 6.04 Å². The van der Waals surface area contributed by atoms with Crippen LogP contribution >= 0.6 is 0 Å². The molecule has 1 N–H and O–H groups in total. The van der Waals surface area contributed by atoms with Crippen molar-refractivity contribution in [2.75, 3.05) is 13.1 Å². The minimum atomic E-state index is -0.144. The van der Waals surface area contributed by atoms with Gasteiger partial charge in [-0.15, -0.1) is 6.58 Å². The summed E-state index contributed by atoms with van der Waals surface area (Å²) < 4.78 is 0. The van der Waals surface area contributed by atoms with Crippen molar-refractivity contribution >= 4 is 5.91 Å². The van der Waals surface area contributed by atoms with Gasteiger partial charge >= 0.3 is 0 Å². The summed E-state index contributed by atoms with van der Waals surface area (Å²) >= 11 is 0. The van der Waals surface area contributed by atoms with E-state index in [1.807, 2.05) is 24.5 Å². The van der Waals surface area contributed by atoms with Gasteiger partial charge in [-0.05, 0) is 43.7 Å². The number of likely N-dealkylation sites (tertiary alicyclic amines) is 1. The van der Waals surface area contributed by atoms with Crippen molar-refractivity contribution in [3.05, 3.63) is 42.7 Å². The number of pyridine rings is 1. The van der Waals surface area contributed by atoms with Crippen molar-refractivity contribution in [2.24, 2.45) is 5.41 Å². The maximum Gasteiger partial charge on any atom is 0.226 e. The third-order valence-corrected chi connectivity index (χ3v) is 5.38. The van der Waals surface area contributed by atoms with E-state index >= 15 is 0 Å². The van der Waals surface area contributed by atoms with Gasteiger partial charge in [0.15, 0.2) is 0 Å². The van der Waals surface area contributed by atoms with Crippen LogP contribution < -0.4 is 5.32 Å². The lowest BCUT2D eigenvalue weighted by Crippen LogP contribution is -2.51. The van der Waals surface area contributed by atoms with E-state index in [4.69, 9.17) is 0 Å². The molecule has 1 aliphatic carbocycles. The van der Waals surface area contributed by atoms with Crippen LogP contribution in [-0.4, -0.2) is 34.9 Å². The van der Waals surface area contributed by atoms with E-state index in [2.05, 4.69) is 27.8 Å². The van der Waals surface area contributed by atoms with E-state index in [1.165, 1.54) is 12.0 Å². The van der Waals surface area contributed by atoms with E-state index in [0.717, 1.165) is 51.7 Å². The molecular weight excluding hydrogens is 286 g/mol. The molecule has 1 saturated carbocycles. The topological polar surface area (TPSA) is 45.2 Å². The summed E-state index contributed by atoms with van der Waals surface area (Å²) in [6.45, 7) is 6.84. The average Bonchev–Trinajstić information content (AvgIpc) is 2.53. The first-order valence-electron chi connectivity index (χ1n) is 8.75. The molecule has 4 nitrogen and oxygen atoms in total. The number of nitrogens with one attached hydrogen (secondary N) is 1. The van der Waals surface area contributed by atoms with E-state index in [9.17, 15) is 4.79 Å². The molecule has 1 aromatic heterocycles. The van der Waals surface area contributed by atoms with Crippen LogP contribution in [0.25, 0.3) is 0 Å². The van der Waals surface area contributed by atoms with Crippen molar-refractivity contribution in [3.63, 3.8) is 0 Å². The Balaban J connectivity index is 1.46. The van der Waals surface area contributed by atoms with Crippen molar-refractivity contribution in [3.8, 4) is 0 Å². The first-order chi connectivity index (χ1) is 11.2. The zero-order chi connectivity index (χ0) is 16.1. The van der Waals surface area contributed by atoms with Crippen LogP contribution in [0.15, 0.2) is 37.2 Å². The second-order valence-corrected chi connectivity index (χ2v) is 7.01. The Bertz CT molecular complexity index is 531. The fraction of sp³-hybridized carbons (Fsp3) is 0.579. The lowest BCUT2D eigenvalue weighted by Gasteiger charge is -2.41. The molecule has 0 spiro atoms. The number of aromatic nitrogens is 1. The number of allylic oxidation sites excluding steroid dienone is 1. The predicted molar refractivity (Wildman–Crippen MR) is 91.8 cm³/mol. The summed E-state index contributed by atoms with van der Waals surface area (Å²) in [4.78, 5) is 19.2. The molecule has 1 saturated heterocycles. The van der Waals surface area contributed by atoms with Gasteiger partial charge in [-0.1, -0.05) is 18.6 Å². The van der Waals surface area contributed by atoms with Gasteiger partial charge in [0.1, 0.15) is 0 Å². The third kappa shape index (κ3) is 3.81. The number of hydrogen-bond acceptors (Lipinski definition) is 3. The van der Waals surface area contributed by atoms with Gasteiger partial charge in [0.25, 0.3) is 0 Å². The molecule has 4 heteroatoms. The quantitative estimate of drug-likeness (QED) is 0.821. The monoisotopic (exact) mass is 313 g/mol. The SMILES string of the molecule is C=CCC1(C(=O)NC2CCN(Cc3cccnc3)CC2)CCC1. The Kier molecular flexibility index (Phi) is 5.11. The minimum absolute atomic E-state index is 0.144. The number of nitrogens with zero attached hydrogens (tertiary/aromatic N) is 2. The van der Waals surface area contributed by atoms with Gasteiger partial charge in [0.05, 0.1) is 5.41 Å². The van der Waals surface area contributed by atoms with Gasteiger partial charge in [-0.3, -0.25) is 14.7 Å². The highest BCUT2D eigenvalue weighted by Gasteiger charge is 2.43. The number of carbonyl (C=O) groups is 1. The normalized spacial score (nSPS) is 21.4. The molecule has 124 valence electrons. The summed E-state index contributed by atoms with van der Waals surface area (Å²) in [6, 6.07) is 4.44. The Labute approximate surface area is 139 Å². The molecule has 1 aromatic rings. The summed E-state index contributed by atoms with van der Waals surface area (Å²) in [5.74, 6) is 0.259. The summed E-state index contributed by atoms with van der Waals surface area (Å²) in [7, 11) is 0. The molecule has 1 amide bonds. The highest BCUT2D eigenvalue weighted by Crippen LogP contribution is 2.44. The molecule has 2 fully saturated rings. The fourth-order valence-corrected chi connectivity index (χ4v) is 3.73. The second kappa shape index (κ2) is 7.26. The smallest absolute Gasteiger partial charge is 0.226 e. The lowest BCUT2D eigenvalue weighted by molar-refractivity contribution is -0.136. The maximum absolute atomic E-state index is 12.6. The molecule has 23 heavy (non-hydrogen) atoms. The molecule has 0 unspecified atom stereocenters. The molecule has 0 radical (unpaired) electrons. The van der Waals surface area contributed by atoms with E-state index in [1.54, 1.807) is 0 Å². The number of rotatable bonds is 6. The standard InChI is InChI=1S/C19H27N3O/c1-2-8-19(9-4-10-19)18(23)21-17-6-12-22(13-7-17)15-16-5-3-11-20-14-16/h2-3,5,11,14,17H,1,4,6-10,12-13,15H2,(H,21,23). The molecular formula is C19H27N3O. The van der Waals surface area contributed by atoms with E-state index in [-0.39, 0.29) is 11.3 Å². The molecule has 3 rings (SSSR count). The number of piperidine rings is 1. The number of hydrogen-bond donors (Lipinski definition) is 1. The molecule has 0 aromatic carbocycles. The van der Waals surface area contributed by atoms with Crippen molar-refractivity contribution in [2.45, 2.75) is 51.1 Å². The first kappa shape index (κ1) is 16.2. The minimum Gasteiger partial charge on any atom is -0.353 e. The van der Waals surface area contributed by atoms with Crippen molar-refractivity contribution in [1.29, 1.82) is 0 Å². The molecule has 0 atom stereocenters. The Morgan fingerprint density at radius 2 is 2.22 bits per heavy atom. The second-order valence-electron chi connectivity index (χ2n) is 7.01. The molecule has 1 aliphatic heterocycles. The van der Waals surface area contributed by atoms with Gasteiger partial charge < -0.3 is 5.32 Å². The summed E-state index contributed by atoms with van der Waals surface area (Å²) in [6.07, 6.45) is 11.7. The Hall–Kier alpha value is -1.68. The fourth-order valence-electron chi connectivity index (χ4n) is 3.73. The van der Waals surface area contributed by atoms with Crippen molar-refractivity contribution < 1.29 is 4.79 Å². The zero-order valence-electron chi connectivity index (χ0n) is 13.8. The summed E-state index contributed by atoms with van der Waals surface area (Å²) in [5.41, 5.74) is 1.11.